The third-order valence-electron chi connectivity index (χ3n) is 0.109. The summed E-state index contributed by atoms with van der Waals surface area (Å²) in [6.07, 6.45) is 1.64. The third-order valence-corrected chi connectivity index (χ3v) is 0.327. The first-order valence-corrected chi connectivity index (χ1v) is 2.68. The molecule has 0 saturated heterocycles. The summed E-state index contributed by atoms with van der Waals surface area (Å²) < 4.78 is 0. The van der Waals surface area contributed by atoms with Crippen molar-refractivity contribution < 1.29 is 0 Å². The Kier molecular flexibility index (Phi) is 24.0. The molecule has 0 unspecified atom stereocenters. The molecular formula is C5H8Cl2. The number of hydrogen-bond donors (Lipinski definition) is 0. The van der Waals surface area contributed by atoms with Crippen molar-refractivity contribution in [1.82, 2.24) is 0 Å². The van der Waals surface area contributed by atoms with Crippen LogP contribution in [0.4, 0.5) is 0 Å². The molecule has 0 aromatic heterocycles. The zero-order valence-electron chi connectivity index (χ0n) is 4.03. The van der Waals surface area contributed by atoms with Gasteiger partial charge in [0.25, 0.3) is 0 Å². The zero-order valence-corrected chi connectivity index (χ0v) is 5.54. The minimum absolute atomic E-state index is 0.556. The molecule has 0 radical (unpaired) electrons. The van der Waals surface area contributed by atoms with Crippen molar-refractivity contribution >= 4 is 23.2 Å². The summed E-state index contributed by atoms with van der Waals surface area (Å²) in [5.41, 5.74) is 1.22. The van der Waals surface area contributed by atoms with Crippen LogP contribution >= 0.6 is 23.2 Å². The molecule has 0 nitrogen and oxygen atoms in total. The van der Waals surface area contributed by atoms with Crippen LogP contribution in [0.5, 0.6) is 0 Å². The van der Waals surface area contributed by atoms with Crippen LogP contribution in [-0.4, -0.2) is 5.88 Å². The molecule has 0 aromatic carbocycles. The topological polar surface area (TPSA) is 0 Å². The standard InChI is InChI=1S/C3H5Cl.C2H3Cl/c1-2-3-4;1-2-3/h2H,1,3H2;2H,1H2. The normalized spacial score (nSPS) is 5.43. The second kappa shape index (κ2) is 16.6. The van der Waals surface area contributed by atoms with E-state index in [1.54, 1.807) is 6.08 Å². The largest absolute Gasteiger partial charge is 0.122 e. The molecule has 0 bridgehead atoms. The van der Waals surface area contributed by atoms with E-state index in [2.05, 4.69) is 13.2 Å². The highest BCUT2D eigenvalue weighted by Crippen LogP contribution is 1.67. The van der Waals surface area contributed by atoms with Crippen LogP contribution in [0.25, 0.3) is 0 Å². The SMILES string of the molecule is C=CCCl.C=CCl. The van der Waals surface area contributed by atoms with Gasteiger partial charge in [-0.1, -0.05) is 24.3 Å². The lowest BCUT2D eigenvalue weighted by Crippen LogP contribution is -1.45. The Labute approximate surface area is 54.4 Å². The van der Waals surface area contributed by atoms with Crippen LogP contribution in [-0.2, 0) is 0 Å². The van der Waals surface area contributed by atoms with Gasteiger partial charge in [0, 0.05) is 5.88 Å². The van der Waals surface area contributed by atoms with Crippen LogP contribution < -0.4 is 0 Å². The van der Waals surface area contributed by atoms with E-state index in [0.717, 1.165) is 0 Å². The molecule has 0 aliphatic carbocycles. The van der Waals surface area contributed by atoms with Gasteiger partial charge in [-0.2, -0.15) is 0 Å². The van der Waals surface area contributed by atoms with E-state index >= 15 is 0 Å². The van der Waals surface area contributed by atoms with Crippen molar-refractivity contribution in [1.29, 1.82) is 0 Å². The number of hydrogen-bond acceptors (Lipinski definition) is 0. The average Bonchev–Trinajstić information content (AvgIpc) is 1.69. The fourth-order valence-electron chi connectivity index (χ4n) is 0. The first-order valence-electron chi connectivity index (χ1n) is 1.71. The van der Waals surface area contributed by atoms with E-state index in [9.17, 15) is 0 Å². The highest BCUT2D eigenvalue weighted by molar-refractivity contribution is 6.25. The minimum atomic E-state index is 0.556. The maximum Gasteiger partial charge on any atom is 0.0401 e. The summed E-state index contributed by atoms with van der Waals surface area (Å²) in [5.74, 6) is 0.556. The van der Waals surface area contributed by atoms with E-state index in [1.165, 1.54) is 5.54 Å². The van der Waals surface area contributed by atoms with Crippen LogP contribution in [0.3, 0.4) is 0 Å². The van der Waals surface area contributed by atoms with Crippen molar-refractivity contribution in [2.24, 2.45) is 0 Å². The lowest BCUT2D eigenvalue weighted by molar-refractivity contribution is 1.80. The summed E-state index contributed by atoms with van der Waals surface area (Å²) in [7, 11) is 0. The maximum atomic E-state index is 5.07. The zero-order chi connectivity index (χ0) is 6.12. The fourth-order valence-corrected chi connectivity index (χ4v) is 0. The Balaban J connectivity index is 0. The Morgan fingerprint density at radius 3 is 1.57 bits per heavy atom. The Morgan fingerprint density at radius 2 is 1.57 bits per heavy atom. The summed E-state index contributed by atoms with van der Waals surface area (Å²) in [6, 6.07) is 0. The van der Waals surface area contributed by atoms with Gasteiger partial charge in [0.2, 0.25) is 0 Å². The average molecular weight is 139 g/mol. The number of alkyl halides is 1. The van der Waals surface area contributed by atoms with Gasteiger partial charge in [-0.15, -0.1) is 18.2 Å². The Bertz CT molecular complexity index is 41.3. The summed E-state index contributed by atoms with van der Waals surface area (Å²) >= 11 is 9.83. The van der Waals surface area contributed by atoms with Crippen molar-refractivity contribution in [3.8, 4) is 0 Å². The highest BCUT2D eigenvalue weighted by atomic mass is 35.5. The third kappa shape index (κ3) is 88.9. The smallest absolute Gasteiger partial charge is 0.0401 e. The van der Waals surface area contributed by atoms with Gasteiger partial charge >= 0.3 is 0 Å². The molecule has 0 aliphatic heterocycles. The van der Waals surface area contributed by atoms with Crippen molar-refractivity contribution in [2.45, 2.75) is 0 Å². The van der Waals surface area contributed by atoms with E-state index in [1.807, 2.05) is 0 Å². The van der Waals surface area contributed by atoms with Crippen LogP contribution in [0, 0.1) is 0 Å². The minimum Gasteiger partial charge on any atom is -0.122 e. The van der Waals surface area contributed by atoms with E-state index < -0.39 is 0 Å². The fraction of sp³-hybridized carbons (Fsp3) is 0.200. The molecule has 0 amide bonds. The molecule has 2 heteroatoms. The van der Waals surface area contributed by atoms with Crippen LogP contribution in [0.1, 0.15) is 0 Å². The Hall–Kier alpha value is 0.0600. The van der Waals surface area contributed by atoms with Gasteiger partial charge in [-0.25, -0.2) is 0 Å². The molecule has 7 heavy (non-hydrogen) atoms. The predicted molar refractivity (Wildman–Crippen MR) is 37.0 cm³/mol. The number of allylic oxidation sites excluding steroid dienone is 1. The van der Waals surface area contributed by atoms with Gasteiger partial charge in [0.1, 0.15) is 0 Å². The van der Waals surface area contributed by atoms with Gasteiger partial charge in [-0.3, -0.25) is 0 Å². The predicted octanol–water partition coefficient (Wildman–Crippen LogP) is 2.78. The van der Waals surface area contributed by atoms with Gasteiger partial charge < -0.3 is 0 Å². The molecule has 0 spiro atoms. The number of rotatable bonds is 1. The molecule has 0 aliphatic rings. The molecular weight excluding hydrogens is 131 g/mol. The molecule has 0 aromatic rings. The summed E-state index contributed by atoms with van der Waals surface area (Å²) in [5, 5.41) is 0. The van der Waals surface area contributed by atoms with Crippen LogP contribution in [0.2, 0.25) is 0 Å². The number of halogens is 2. The lowest BCUT2D eigenvalue weighted by Gasteiger charge is -1.55. The van der Waals surface area contributed by atoms with Gasteiger partial charge in [0.15, 0.2) is 0 Å². The molecule has 0 N–H and O–H groups in total. The van der Waals surface area contributed by atoms with Crippen molar-refractivity contribution in [3.05, 3.63) is 24.8 Å². The van der Waals surface area contributed by atoms with Gasteiger partial charge in [0.05, 0.1) is 0 Å². The Morgan fingerprint density at radius 1 is 1.43 bits per heavy atom. The molecule has 0 heterocycles. The first-order chi connectivity index (χ1) is 3.33. The van der Waals surface area contributed by atoms with E-state index in [4.69, 9.17) is 23.2 Å². The molecule has 42 valence electrons. The summed E-state index contributed by atoms with van der Waals surface area (Å²) in [4.78, 5) is 0. The van der Waals surface area contributed by atoms with E-state index in [-0.39, 0.29) is 0 Å². The quantitative estimate of drug-likeness (QED) is 0.387. The monoisotopic (exact) mass is 138 g/mol. The highest BCUT2D eigenvalue weighted by Gasteiger charge is 1.48. The molecule has 0 atom stereocenters. The second-order valence-corrected chi connectivity index (χ2v) is 1.21. The van der Waals surface area contributed by atoms with Gasteiger partial charge in [-0.05, 0) is 5.54 Å². The maximum absolute atomic E-state index is 5.07. The van der Waals surface area contributed by atoms with Crippen molar-refractivity contribution in [2.75, 3.05) is 5.88 Å². The summed E-state index contributed by atoms with van der Waals surface area (Å²) in [6.45, 7) is 6.47. The molecule has 0 fully saturated rings. The van der Waals surface area contributed by atoms with Crippen LogP contribution in [0.15, 0.2) is 24.8 Å². The second-order valence-electron chi connectivity index (χ2n) is 0.597. The van der Waals surface area contributed by atoms with Crippen molar-refractivity contribution in [3.63, 3.8) is 0 Å². The lowest BCUT2D eigenvalue weighted by atomic mass is 10.8. The van der Waals surface area contributed by atoms with E-state index in [0.29, 0.717) is 5.88 Å². The first kappa shape index (κ1) is 10.1. The molecule has 0 rings (SSSR count). The molecule has 0 saturated carbocycles.